The first-order valence-corrected chi connectivity index (χ1v) is 7.64. The van der Waals surface area contributed by atoms with Crippen molar-refractivity contribution in [2.45, 2.75) is 46.1 Å². The van der Waals surface area contributed by atoms with Gasteiger partial charge in [-0.3, -0.25) is 0 Å². The first-order valence-electron chi connectivity index (χ1n) is 7.64. The van der Waals surface area contributed by atoms with Gasteiger partial charge in [0.15, 0.2) is 17.0 Å². The van der Waals surface area contributed by atoms with E-state index in [4.69, 9.17) is 4.99 Å². The van der Waals surface area contributed by atoms with Crippen LogP contribution in [0, 0.1) is 0 Å². The molecule has 0 aliphatic carbocycles. The number of nitrogens with zero attached hydrogens (tertiary/aromatic N) is 6. The van der Waals surface area contributed by atoms with Gasteiger partial charge < -0.3 is 9.47 Å². The van der Waals surface area contributed by atoms with E-state index >= 15 is 0 Å². The number of hydrogen-bond acceptors (Lipinski definition) is 4. The molecule has 3 rings (SSSR count). The average molecular weight is 286 g/mol. The Kier molecular flexibility index (Phi) is 3.86. The number of aliphatic imine (C=N–C) groups is 1. The minimum Gasteiger partial charge on any atom is -0.360 e. The molecule has 0 atom stereocenters. The Balaban J connectivity index is 1.96. The average Bonchev–Trinajstić information content (AvgIpc) is 2.93. The second-order valence-corrected chi connectivity index (χ2v) is 5.82. The standard InChI is InChI=1S/C15H22N6/c1-11(2)21-10-18-13-14(16-9-17-15(13)21)19-12(3)20-7-5-4-6-8-20/h9-11H,4-8H2,1-3H3/b19-12-. The first-order chi connectivity index (χ1) is 10.2. The monoisotopic (exact) mass is 286 g/mol. The maximum absolute atomic E-state index is 4.70. The number of hydrogen-bond donors (Lipinski definition) is 0. The summed E-state index contributed by atoms with van der Waals surface area (Å²) in [7, 11) is 0. The van der Waals surface area contributed by atoms with Crippen LogP contribution in [0.2, 0.25) is 0 Å². The van der Waals surface area contributed by atoms with Crippen LogP contribution in [0.15, 0.2) is 17.6 Å². The lowest BCUT2D eigenvalue weighted by atomic mass is 10.1. The molecule has 0 aromatic carbocycles. The van der Waals surface area contributed by atoms with Crippen molar-refractivity contribution in [2.24, 2.45) is 4.99 Å². The third kappa shape index (κ3) is 2.75. The molecule has 1 saturated heterocycles. The molecule has 1 aliphatic rings. The molecule has 0 saturated carbocycles. The highest BCUT2D eigenvalue weighted by Crippen LogP contribution is 2.23. The van der Waals surface area contributed by atoms with Gasteiger partial charge in [-0.15, -0.1) is 0 Å². The van der Waals surface area contributed by atoms with Gasteiger partial charge in [0, 0.05) is 19.1 Å². The fraction of sp³-hybridized carbons (Fsp3) is 0.600. The summed E-state index contributed by atoms with van der Waals surface area (Å²) in [4.78, 5) is 20.1. The van der Waals surface area contributed by atoms with Crippen LogP contribution in [-0.2, 0) is 0 Å². The number of amidine groups is 1. The second kappa shape index (κ2) is 5.79. The van der Waals surface area contributed by atoms with Gasteiger partial charge in [-0.25, -0.2) is 19.9 Å². The van der Waals surface area contributed by atoms with Gasteiger partial charge in [-0.2, -0.15) is 0 Å². The lowest BCUT2D eigenvalue weighted by Crippen LogP contribution is -2.33. The smallest absolute Gasteiger partial charge is 0.185 e. The highest BCUT2D eigenvalue weighted by molar-refractivity contribution is 5.88. The highest BCUT2D eigenvalue weighted by atomic mass is 15.2. The van der Waals surface area contributed by atoms with Crippen LogP contribution in [0.4, 0.5) is 5.82 Å². The van der Waals surface area contributed by atoms with Crippen molar-refractivity contribution < 1.29 is 0 Å². The van der Waals surface area contributed by atoms with Crippen LogP contribution in [0.5, 0.6) is 0 Å². The van der Waals surface area contributed by atoms with E-state index < -0.39 is 0 Å². The Morgan fingerprint density at radius 3 is 2.62 bits per heavy atom. The highest BCUT2D eigenvalue weighted by Gasteiger charge is 2.14. The zero-order chi connectivity index (χ0) is 14.8. The van der Waals surface area contributed by atoms with Crippen LogP contribution in [-0.4, -0.2) is 43.3 Å². The topological polar surface area (TPSA) is 59.2 Å². The molecule has 0 bridgehead atoms. The maximum atomic E-state index is 4.70. The summed E-state index contributed by atoms with van der Waals surface area (Å²) in [5, 5.41) is 0. The molecule has 2 aromatic heterocycles. The fourth-order valence-corrected chi connectivity index (χ4v) is 2.74. The van der Waals surface area contributed by atoms with E-state index in [1.165, 1.54) is 19.3 Å². The normalized spacial score (nSPS) is 17.0. The van der Waals surface area contributed by atoms with Crippen LogP contribution >= 0.6 is 0 Å². The Hall–Kier alpha value is -1.98. The van der Waals surface area contributed by atoms with Gasteiger partial charge >= 0.3 is 0 Å². The van der Waals surface area contributed by atoms with Gasteiger partial charge in [0.1, 0.15) is 12.2 Å². The summed E-state index contributed by atoms with van der Waals surface area (Å²) in [6.45, 7) is 8.46. The molecule has 0 radical (unpaired) electrons. The molecule has 2 aromatic rings. The predicted octanol–water partition coefficient (Wildman–Crippen LogP) is 2.94. The third-order valence-corrected chi connectivity index (χ3v) is 3.98. The van der Waals surface area contributed by atoms with E-state index in [0.717, 1.165) is 30.1 Å². The molecule has 0 unspecified atom stereocenters. The summed E-state index contributed by atoms with van der Waals surface area (Å²) < 4.78 is 2.05. The van der Waals surface area contributed by atoms with Crippen molar-refractivity contribution in [3.05, 3.63) is 12.7 Å². The Bertz CT molecular complexity index is 651. The molecular formula is C15H22N6. The van der Waals surface area contributed by atoms with E-state index in [1.807, 2.05) is 10.9 Å². The van der Waals surface area contributed by atoms with Crippen molar-refractivity contribution in [1.29, 1.82) is 0 Å². The van der Waals surface area contributed by atoms with Crippen molar-refractivity contribution in [3.8, 4) is 0 Å². The van der Waals surface area contributed by atoms with Gasteiger partial charge in [0.05, 0.1) is 6.33 Å². The molecule has 1 aliphatic heterocycles. The first kappa shape index (κ1) is 14.0. The van der Waals surface area contributed by atoms with Gasteiger partial charge in [0.2, 0.25) is 0 Å². The molecule has 21 heavy (non-hydrogen) atoms. The SMILES string of the molecule is C/C(=N/c1ncnc2c1ncn2C(C)C)N1CCCCC1. The van der Waals surface area contributed by atoms with Crippen molar-refractivity contribution in [1.82, 2.24) is 24.4 Å². The number of rotatable bonds is 2. The quantitative estimate of drug-likeness (QED) is 0.629. The Morgan fingerprint density at radius 1 is 1.14 bits per heavy atom. The van der Waals surface area contributed by atoms with E-state index in [9.17, 15) is 0 Å². The second-order valence-electron chi connectivity index (χ2n) is 5.82. The molecule has 6 nitrogen and oxygen atoms in total. The van der Waals surface area contributed by atoms with E-state index in [1.54, 1.807) is 6.33 Å². The number of aromatic nitrogens is 4. The van der Waals surface area contributed by atoms with Crippen LogP contribution in [0.25, 0.3) is 11.2 Å². The zero-order valence-corrected chi connectivity index (χ0v) is 13.0. The summed E-state index contributed by atoms with van der Waals surface area (Å²) in [5.74, 6) is 1.69. The lowest BCUT2D eigenvalue weighted by molar-refractivity contribution is 0.340. The summed E-state index contributed by atoms with van der Waals surface area (Å²) >= 11 is 0. The summed E-state index contributed by atoms with van der Waals surface area (Å²) in [6, 6.07) is 0.324. The molecule has 112 valence electrons. The van der Waals surface area contributed by atoms with Crippen LogP contribution < -0.4 is 0 Å². The van der Waals surface area contributed by atoms with Crippen molar-refractivity contribution in [2.75, 3.05) is 13.1 Å². The molecular weight excluding hydrogens is 264 g/mol. The molecule has 1 fully saturated rings. The number of fused-ring (bicyclic) bond motifs is 1. The number of piperidine rings is 1. The molecule has 0 spiro atoms. The van der Waals surface area contributed by atoms with Gasteiger partial charge in [-0.1, -0.05) is 0 Å². The van der Waals surface area contributed by atoms with Crippen molar-refractivity contribution >= 4 is 22.8 Å². The van der Waals surface area contributed by atoms with Crippen molar-refractivity contribution in [3.63, 3.8) is 0 Å². The van der Waals surface area contributed by atoms with E-state index in [-0.39, 0.29) is 0 Å². The fourth-order valence-electron chi connectivity index (χ4n) is 2.74. The molecule has 0 amide bonds. The van der Waals surface area contributed by atoms with Crippen LogP contribution in [0.3, 0.4) is 0 Å². The largest absolute Gasteiger partial charge is 0.360 e. The third-order valence-electron chi connectivity index (χ3n) is 3.98. The van der Waals surface area contributed by atoms with Gasteiger partial charge in [-0.05, 0) is 40.0 Å². The number of imidazole rings is 1. The lowest BCUT2D eigenvalue weighted by Gasteiger charge is -2.28. The molecule has 3 heterocycles. The minimum atomic E-state index is 0.324. The maximum Gasteiger partial charge on any atom is 0.185 e. The molecule has 0 N–H and O–H groups in total. The van der Waals surface area contributed by atoms with E-state index in [0.29, 0.717) is 11.9 Å². The van der Waals surface area contributed by atoms with E-state index in [2.05, 4.69) is 40.6 Å². The summed E-state index contributed by atoms with van der Waals surface area (Å²) in [6.07, 6.45) is 7.20. The Labute approximate surface area is 124 Å². The zero-order valence-electron chi connectivity index (χ0n) is 13.0. The number of likely N-dealkylation sites (tertiary alicyclic amines) is 1. The summed E-state index contributed by atoms with van der Waals surface area (Å²) in [5.41, 5.74) is 1.63. The minimum absolute atomic E-state index is 0.324. The predicted molar refractivity (Wildman–Crippen MR) is 83.9 cm³/mol. The van der Waals surface area contributed by atoms with Crippen LogP contribution in [0.1, 0.15) is 46.1 Å². The van der Waals surface area contributed by atoms with Gasteiger partial charge in [0.25, 0.3) is 0 Å². The Morgan fingerprint density at radius 2 is 1.90 bits per heavy atom. The molecule has 6 heteroatoms.